The summed E-state index contributed by atoms with van der Waals surface area (Å²) >= 11 is 0. The third kappa shape index (κ3) is 3.99. The van der Waals surface area contributed by atoms with E-state index >= 15 is 0 Å². The molecule has 1 aliphatic rings. The average Bonchev–Trinajstić information content (AvgIpc) is 2.67. The number of benzene rings is 1. The highest BCUT2D eigenvalue weighted by molar-refractivity contribution is 5.37. The van der Waals surface area contributed by atoms with E-state index in [0.29, 0.717) is 11.8 Å². The molecule has 2 N–H and O–H groups in total. The molecule has 20 heavy (non-hydrogen) atoms. The molecular formula is C18H29NO. The van der Waals surface area contributed by atoms with Crippen LogP contribution in [0.5, 0.6) is 5.75 Å². The van der Waals surface area contributed by atoms with Crippen molar-refractivity contribution >= 4 is 0 Å². The zero-order chi connectivity index (χ0) is 14.5. The molecule has 2 rings (SSSR count). The van der Waals surface area contributed by atoms with Gasteiger partial charge in [-0.1, -0.05) is 37.8 Å². The second kappa shape index (κ2) is 7.12. The average molecular weight is 275 g/mol. The summed E-state index contributed by atoms with van der Waals surface area (Å²) in [6, 6.07) is 6.69. The highest BCUT2D eigenvalue weighted by atomic mass is 16.3. The number of hydrogen-bond donors (Lipinski definition) is 2. The molecule has 0 aromatic heterocycles. The summed E-state index contributed by atoms with van der Waals surface area (Å²) in [6.07, 6.45) is 8.25. The van der Waals surface area contributed by atoms with Crippen LogP contribution >= 0.6 is 0 Å². The summed E-state index contributed by atoms with van der Waals surface area (Å²) in [4.78, 5) is 0. The molecule has 0 heterocycles. The molecule has 2 atom stereocenters. The minimum Gasteiger partial charge on any atom is -0.508 e. The first-order valence-corrected chi connectivity index (χ1v) is 8.13. The van der Waals surface area contributed by atoms with Crippen molar-refractivity contribution in [2.24, 2.45) is 5.92 Å². The molecule has 0 bridgehead atoms. The number of hydrogen-bond acceptors (Lipinski definition) is 2. The zero-order valence-corrected chi connectivity index (χ0v) is 13.2. The number of aryl methyl sites for hydroxylation is 1. The van der Waals surface area contributed by atoms with E-state index in [4.69, 9.17) is 0 Å². The first-order chi connectivity index (χ1) is 9.58. The quantitative estimate of drug-likeness (QED) is 0.780. The van der Waals surface area contributed by atoms with E-state index in [1.807, 2.05) is 19.1 Å². The van der Waals surface area contributed by atoms with Crippen LogP contribution in [-0.4, -0.2) is 11.1 Å². The molecule has 1 aromatic rings. The number of phenolic OH excluding ortho intramolecular Hbond substituents is 1. The summed E-state index contributed by atoms with van der Waals surface area (Å²) in [5.41, 5.74) is 2.12. The van der Waals surface area contributed by atoms with E-state index in [9.17, 15) is 5.11 Å². The van der Waals surface area contributed by atoms with Crippen LogP contribution in [0.15, 0.2) is 18.2 Å². The van der Waals surface area contributed by atoms with E-state index in [-0.39, 0.29) is 6.04 Å². The maximum absolute atomic E-state index is 10.1. The largest absolute Gasteiger partial charge is 0.508 e. The van der Waals surface area contributed by atoms with Crippen LogP contribution in [0.2, 0.25) is 0 Å². The molecule has 2 heteroatoms. The fourth-order valence-electron chi connectivity index (χ4n) is 3.45. The Morgan fingerprint density at radius 3 is 2.35 bits per heavy atom. The van der Waals surface area contributed by atoms with E-state index < -0.39 is 0 Å². The lowest BCUT2D eigenvalue weighted by atomic mass is 9.92. The molecule has 0 aliphatic heterocycles. The molecular weight excluding hydrogens is 246 g/mol. The maximum atomic E-state index is 10.1. The van der Waals surface area contributed by atoms with Gasteiger partial charge in [-0.2, -0.15) is 0 Å². The summed E-state index contributed by atoms with van der Waals surface area (Å²) in [5.74, 6) is 1.20. The fraction of sp³-hybridized carbons (Fsp3) is 0.667. The number of aromatic hydroxyl groups is 1. The predicted molar refractivity (Wildman–Crippen MR) is 85.0 cm³/mol. The SMILES string of the molecule is Cc1ccc(C(C)N[C@H](C)C2CCCCCC2)c(O)c1. The Morgan fingerprint density at radius 2 is 1.75 bits per heavy atom. The van der Waals surface area contributed by atoms with Gasteiger partial charge in [-0.3, -0.25) is 0 Å². The molecule has 0 amide bonds. The van der Waals surface area contributed by atoms with Crippen LogP contribution in [-0.2, 0) is 0 Å². The van der Waals surface area contributed by atoms with Gasteiger partial charge in [0, 0.05) is 17.6 Å². The number of rotatable bonds is 4. The lowest BCUT2D eigenvalue weighted by Gasteiger charge is -2.27. The van der Waals surface area contributed by atoms with Gasteiger partial charge in [0.15, 0.2) is 0 Å². The van der Waals surface area contributed by atoms with Crippen LogP contribution in [0.25, 0.3) is 0 Å². The van der Waals surface area contributed by atoms with Crippen molar-refractivity contribution in [2.45, 2.75) is 71.4 Å². The van der Waals surface area contributed by atoms with Crippen LogP contribution in [0, 0.1) is 12.8 Å². The van der Waals surface area contributed by atoms with Crippen LogP contribution < -0.4 is 5.32 Å². The Morgan fingerprint density at radius 1 is 1.10 bits per heavy atom. The molecule has 112 valence electrons. The third-order valence-electron chi connectivity index (χ3n) is 4.77. The van der Waals surface area contributed by atoms with Gasteiger partial charge in [0.25, 0.3) is 0 Å². The van der Waals surface area contributed by atoms with E-state index in [1.165, 1.54) is 38.5 Å². The second-order valence-electron chi connectivity index (χ2n) is 6.49. The lowest BCUT2D eigenvalue weighted by Crippen LogP contribution is -2.35. The second-order valence-corrected chi connectivity index (χ2v) is 6.49. The van der Waals surface area contributed by atoms with Crippen molar-refractivity contribution in [3.63, 3.8) is 0 Å². The summed E-state index contributed by atoms with van der Waals surface area (Å²) < 4.78 is 0. The van der Waals surface area contributed by atoms with E-state index in [2.05, 4.69) is 25.2 Å². The van der Waals surface area contributed by atoms with E-state index in [0.717, 1.165) is 17.0 Å². The Balaban J connectivity index is 1.97. The molecule has 2 nitrogen and oxygen atoms in total. The van der Waals surface area contributed by atoms with Gasteiger partial charge >= 0.3 is 0 Å². The van der Waals surface area contributed by atoms with Crippen molar-refractivity contribution in [1.82, 2.24) is 5.32 Å². The first kappa shape index (κ1) is 15.4. The fourth-order valence-corrected chi connectivity index (χ4v) is 3.45. The molecule has 1 fully saturated rings. The molecule has 0 saturated heterocycles. The summed E-state index contributed by atoms with van der Waals surface area (Å²) in [7, 11) is 0. The highest BCUT2D eigenvalue weighted by Crippen LogP contribution is 2.29. The minimum absolute atomic E-state index is 0.203. The molecule has 0 radical (unpaired) electrons. The van der Waals surface area contributed by atoms with Crippen molar-refractivity contribution < 1.29 is 5.11 Å². The Labute approximate surface area is 123 Å². The molecule has 1 unspecified atom stereocenters. The first-order valence-electron chi connectivity index (χ1n) is 8.13. The summed E-state index contributed by atoms with van der Waals surface area (Å²) in [6.45, 7) is 6.46. The standard InChI is InChI=1S/C18H29NO/c1-13-10-11-17(18(20)12-13)15(3)19-14(2)16-8-6-4-5-7-9-16/h10-12,14-16,19-20H,4-9H2,1-3H3/t14-,15?/m1/s1. The summed E-state index contributed by atoms with van der Waals surface area (Å²) in [5, 5.41) is 13.8. The third-order valence-corrected chi connectivity index (χ3v) is 4.77. The van der Waals surface area contributed by atoms with Gasteiger partial charge in [0.2, 0.25) is 0 Å². The van der Waals surface area contributed by atoms with Crippen molar-refractivity contribution in [1.29, 1.82) is 0 Å². The van der Waals surface area contributed by atoms with Crippen molar-refractivity contribution in [2.75, 3.05) is 0 Å². The normalized spacial score (nSPS) is 20.4. The van der Waals surface area contributed by atoms with Gasteiger partial charge in [-0.05, 0) is 51.2 Å². The Bertz CT molecular complexity index is 421. The Kier molecular flexibility index (Phi) is 5.47. The van der Waals surface area contributed by atoms with Crippen LogP contribution in [0.3, 0.4) is 0 Å². The van der Waals surface area contributed by atoms with E-state index in [1.54, 1.807) is 0 Å². The molecule has 0 spiro atoms. The van der Waals surface area contributed by atoms with Crippen LogP contribution in [0.4, 0.5) is 0 Å². The van der Waals surface area contributed by atoms with Gasteiger partial charge < -0.3 is 10.4 Å². The Hall–Kier alpha value is -1.02. The minimum atomic E-state index is 0.203. The zero-order valence-electron chi connectivity index (χ0n) is 13.2. The van der Waals surface area contributed by atoms with Crippen molar-refractivity contribution in [3.8, 4) is 5.75 Å². The number of phenols is 1. The maximum Gasteiger partial charge on any atom is 0.120 e. The molecule has 1 saturated carbocycles. The van der Waals surface area contributed by atoms with Crippen molar-refractivity contribution in [3.05, 3.63) is 29.3 Å². The lowest BCUT2D eigenvalue weighted by molar-refractivity contribution is 0.313. The molecule has 1 aromatic carbocycles. The monoisotopic (exact) mass is 275 g/mol. The van der Waals surface area contributed by atoms with Gasteiger partial charge in [0.1, 0.15) is 5.75 Å². The smallest absolute Gasteiger partial charge is 0.120 e. The van der Waals surface area contributed by atoms with Gasteiger partial charge in [0.05, 0.1) is 0 Å². The highest BCUT2D eigenvalue weighted by Gasteiger charge is 2.21. The molecule has 1 aliphatic carbocycles. The number of nitrogens with one attached hydrogen (secondary N) is 1. The predicted octanol–water partition coefficient (Wildman–Crippen LogP) is 4.71. The topological polar surface area (TPSA) is 32.3 Å². The van der Waals surface area contributed by atoms with Gasteiger partial charge in [-0.15, -0.1) is 0 Å². The van der Waals surface area contributed by atoms with Crippen LogP contribution in [0.1, 0.15) is 69.5 Å². The van der Waals surface area contributed by atoms with Gasteiger partial charge in [-0.25, -0.2) is 0 Å².